The van der Waals surface area contributed by atoms with Crippen molar-refractivity contribution in [2.24, 2.45) is 0 Å². The van der Waals surface area contributed by atoms with Gasteiger partial charge >= 0.3 is 5.97 Å². The number of benzene rings is 1. The van der Waals surface area contributed by atoms with E-state index in [1.54, 1.807) is 19.1 Å². The maximum Gasteiger partial charge on any atom is 0.324 e. The Morgan fingerprint density at radius 1 is 1.30 bits per heavy atom. The predicted molar refractivity (Wildman–Crippen MR) is 76.2 cm³/mol. The second-order valence-corrected chi connectivity index (χ2v) is 5.79. The van der Waals surface area contributed by atoms with Crippen LogP contribution in [0.25, 0.3) is 0 Å². The Hall–Kier alpha value is -1.42. The zero-order valence-corrected chi connectivity index (χ0v) is 11.9. The van der Waals surface area contributed by atoms with Crippen molar-refractivity contribution in [2.75, 3.05) is 13.1 Å². The molecule has 0 aromatic heterocycles. The topological polar surface area (TPSA) is 40.5 Å². The number of likely N-dealkylation sites (tertiary alicyclic amines) is 1. The minimum absolute atomic E-state index is 0.314. The first-order valence-corrected chi connectivity index (χ1v) is 7.25. The number of nitrogens with zero attached hydrogens (tertiary/aromatic N) is 1. The van der Waals surface area contributed by atoms with Gasteiger partial charge in [-0.15, -0.1) is 0 Å². The van der Waals surface area contributed by atoms with Crippen LogP contribution in [0.15, 0.2) is 24.3 Å². The Morgan fingerprint density at radius 2 is 1.95 bits per heavy atom. The standard InChI is InChI=1S/C16H22FNO2/c1-16(15(19)20,18-9-4-2-3-5-10-18)12-13-7-6-8-14(17)11-13/h6-8,11H,2-5,9-10,12H2,1H3,(H,19,20). The smallest absolute Gasteiger partial charge is 0.324 e. The van der Waals surface area contributed by atoms with Crippen molar-refractivity contribution < 1.29 is 14.3 Å². The zero-order valence-electron chi connectivity index (χ0n) is 11.9. The molecule has 20 heavy (non-hydrogen) atoms. The van der Waals surface area contributed by atoms with Crippen molar-refractivity contribution >= 4 is 5.97 Å². The first kappa shape index (κ1) is 15.0. The van der Waals surface area contributed by atoms with Crippen LogP contribution in [-0.2, 0) is 11.2 Å². The second kappa shape index (κ2) is 6.35. The fourth-order valence-electron chi connectivity index (χ4n) is 2.93. The average molecular weight is 279 g/mol. The molecule has 4 heteroatoms. The lowest BCUT2D eigenvalue weighted by atomic mass is 9.90. The number of halogens is 1. The minimum atomic E-state index is -0.960. The van der Waals surface area contributed by atoms with E-state index in [1.165, 1.54) is 12.1 Å². The lowest BCUT2D eigenvalue weighted by Gasteiger charge is -2.37. The monoisotopic (exact) mass is 279 g/mol. The van der Waals surface area contributed by atoms with E-state index in [9.17, 15) is 14.3 Å². The molecule has 0 aliphatic carbocycles. The predicted octanol–water partition coefficient (Wildman–Crippen LogP) is 3.09. The van der Waals surface area contributed by atoms with Crippen molar-refractivity contribution in [1.82, 2.24) is 4.90 Å². The van der Waals surface area contributed by atoms with Crippen molar-refractivity contribution in [2.45, 2.75) is 44.6 Å². The number of hydrogen-bond donors (Lipinski definition) is 1. The van der Waals surface area contributed by atoms with Gasteiger partial charge in [0, 0.05) is 6.42 Å². The van der Waals surface area contributed by atoms with Gasteiger partial charge in [-0.05, 0) is 50.6 Å². The van der Waals surface area contributed by atoms with Crippen LogP contribution in [0.1, 0.15) is 38.2 Å². The van der Waals surface area contributed by atoms with Crippen LogP contribution in [0.5, 0.6) is 0 Å². The molecule has 0 amide bonds. The van der Waals surface area contributed by atoms with Gasteiger partial charge in [0.2, 0.25) is 0 Å². The van der Waals surface area contributed by atoms with Crippen molar-refractivity contribution in [3.8, 4) is 0 Å². The highest BCUT2D eigenvalue weighted by Crippen LogP contribution is 2.25. The summed E-state index contributed by atoms with van der Waals surface area (Å²) in [5, 5.41) is 9.67. The lowest BCUT2D eigenvalue weighted by molar-refractivity contribution is -0.150. The quantitative estimate of drug-likeness (QED) is 0.920. The van der Waals surface area contributed by atoms with E-state index >= 15 is 0 Å². The maximum atomic E-state index is 13.3. The van der Waals surface area contributed by atoms with Gasteiger partial charge in [0.25, 0.3) is 0 Å². The number of aliphatic carboxylic acids is 1. The van der Waals surface area contributed by atoms with Crippen molar-refractivity contribution in [1.29, 1.82) is 0 Å². The number of carboxylic acids is 1. The average Bonchev–Trinajstić information content (AvgIpc) is 2.67. The summed E-state index contributed by atoms with van der Waals surface area (Å²) in [5.74, 6) is -1.14. The van der Waals surface area contributed by atoms with Gasteiger partial charge in [0.1, 0.15) is 11.4 Å². The van der Waals surface area contributed by atoms with Crippen LogP contribution in [-0.4, -0.2) is 34.6 Å². The molecule has 0 bridgehead atoms. The van der Waals surface area contributed by atoms with Gasteiger partial charge in [0.15, 0.2) is 0 Å². The van der Waals surface area contributed by atoms with E-state index in [0.29, 0.717) is 6.42 Å². The first-order chi connectivity index (χ1) is 9.52. The van der Waals surface area contributed by atoms with Crippen molar-refractivity contribution in [3.63, 3.8) is 0 Å². The number of carboxylic acid groups (broad SMARTS) is 1. The second-order valence-electron chi connectivity index (χ2n) is 5.79. The molecule has 1 unspecified atom stereocenters. The van der Waals surface area contributed by atoms with Gasteiger partial charge in [-0.2, -0.15) is 0 Å². The fraction of sp³-hybridized carbons (Fsp3) is 0.562. The molecule has 1 aromatic rings. The molecule has 1 N–H and O–H groups in total. The number of carbonyl (C=O) groups is 1. The molecule has 1 saturated heterocycles. The third-order valence-electron chi connectivity index (χ3n) is 4.20. The highest BCUT2D eigenvalue weighted by atomic mass is 19.1. The summed E-state index contributed by atoms with van der Waals surface area (Å²) in [7, 11) is 0. The molecule has 1 aliphatic rings. The lowest BCUT2D eigenvalue weighted by Crippen LogP contribution is -2.54. The largest absolute Gasteiger partial charge is 0.480 e. The normalized spacial score (nSPS) is 20.1. The van der Waals surface area contributed by atoms with E-state index in [-0.39, 0.29) is 5.82 Å². The highest BCUT2D eigenvalue weighted by molar-refractivity contribution is 5.78. The molecule has 0 saturated carbocycles. The van der Waals surface area contributed by atoms with Crippen LogP contribution in [0.4, 0.5) is 4.39 Å². The van der Waals surface area contributed by atoms with E-state index in [0.717, 1.165) is 44.3 Å². The van der Waals surface area contributed by atoms with Crippen LogP contribution >= 0.6 is 0 Å². The van der Waals surface area contributed by atoms with Crippen LogP contribution in [0.3, 0.4) is 0 Å². The molecule has 110 valence electrons. The molecular formula is C16H22FNO2. The SMILES string of the molecule is CC(Cc1cccc(F)c1)(C(=O)O)N1CCCCCC1. The maximum absolute atomic E-state index is 13.3. The Bertz CT molecular complexity index is 469. The molecule has 0 radical (unpaired) electrons. The third-order valence-corrected chi connectivity index (χ3v) is 4.20. The van der Waals surface area contributed by atoms with E-state index in [2.05, 4.69) is 0 Å². The van der Waals surface area contributed by atoms with Gasteiger partial charge in [-0.3, -0.25) is 9.69 Å². The third kappa shape index (κ3) is 3.37. The molecule has 1 aromatic carbocycles. The van der Waals surface area contributed by atoms with Gasteiger partial charge in [-0.25, -0.2) is 4.39 Å². The highest BCUT2D eigenvalue weighted by Gasteiger charge is 2.39. The molecule has 1 heterocycles. The zero-order chi connectivity index (χ0) is 14.6. The van der Waals surface area contributed by atoms with E-state index < -0.39 is 11.5 Å². The Kier molecular flexibility index (Phi) is 4.76. The van der Waals surface area contributed by atoms with Gasteiger partial charge in [0.05, 0.1) is 0 Å². The van der Waals surface area contributed by atoms with Crippen LogP contribution < -0.4 is 0 Å². The van der Waals surface area contributed by atoms with Gasteiger partial charge in [-0.1, -0.05) is 25.0 Å². The summed E-state index contributed by atoms with van der Waals surface area (Å²) in [6, 6.07) is 6.24. The Labute approximate surface area is 119 Å². The molecule has 2 rings (SSSR count). The van der Waals surface area contributed by atoms with E-state index in [4.69, 9.17) is 0 Å². The summed E-state index contributed by atoms with van der Waals surface area (Å²) in [6.45, 7) is 3.36. The van der Waals surface area contributed by atoms with E-state index in [1.807, 2.05) is 4.90 Å². The summed E-state index contributed by atoms with van der Waals surface area (Å²) in [4.78, 5) is 13.8. The molecule has 1 fully saturated rings. The Balaban J connectivity index is 2.22. The summed E-state index contributed by atoms with van der Waals surface area (Å²) in [5.41, 5.74) is -0.225. The molecule has 3 nitrogen and oxygen atoms in total. The van der Waals surface area contributed by atoms with Crippen molar-refractivity contribution in [3.05, 3.63) is 35.6 Å². The summed E-state index contributed by atoms with van der Waals surface area (Å²) in [6.07, 6.45) is 4.72. The molecule has 1 atom stereocenters. The molecular weight excluding hydrogens is 257 g/mol. The first-order valence-electron chi connectivity index (χ1n) is 7.25. The summed E-state index contributed by atoms with van der Waals surface area (Å²) >= 11 is 0. The Morgan fingerprint density at radius 3 is 2.50 bits per heavy atom. The molecule has 0 spiro atoms. The van der Waals surface area contributed by atoms with Crippen LogP contribution in [0.2, 0.25) is 0 Å². The van der Waals surface area contributed by atoms with Gasteiger partial charge < -0.3 is 5.11 Å². The fourth-order valence-corrected chi connectivity index (χ4v) is 2.93. The number of rotatable bonds is 4. The number of hydrogen-bond acceptors (Lipinski definition) is 2. The molecule has 1 aliphatic heterocycles. The summed E-state index contributed by atoms with van der Waals surface area (Å²) < 4.78 is 13.3. The van der Waals surface area contributed by atoms with Crippen LogP contribution in [0, 0.1) is 5.82 Å². The minimum Gasteiger partial charge on any atom is -0.480 e.